The van der Waals surface area contributed by atoms with Gasteiger partial charge in [-0.05, 0) is 74.7 Å². The molecular formula is C26H28FN5O. The van der Waals surface area contributed by atoms with Gasteiger partial charge < -0.3 is 15.4 Å². The van der Waals surface area contributed by atoms with Gasteiger partial charge in [0, 0.05) is 23.9 Å². The quantitative estimate of drug-likeness (QED) is 0.415. The number of fused-ring (bicyclic) bond motifs is 1. The van der Waals surface area contributed by atoms with E-state index in [-0.39, 0.29) is 11.9 Å². The highest BCUT2D eigenvalue weighted by atomic mass is 19.1. The highest BCUT2D eigenvalue weighted by molar-refractivity contribution is 5.65. The van der Waals surface area contributed by atoms with E-state index < -0.39 is 0 Å². The Morgan fingerprint density at radius 2 is 1.94 bits per heavy atom. The summed E-state index contributed by atoms with van der Waals surface area (Å²) in [5, 5.41) is 11.6. The summed E-state index contributed by atoms with van der Waals surface area (Å²) in [6.45, 7) is 5.10. The number of halogens is 1. The molecule has 1 unspecified atom stereocenters. The monoisotopic (exact) mass is 445 g/mol. The van der Waals surface area contributed by atoms with E-state index in [2.05, 4.69) is 45.0 Å². The van der Waals surface area contributed by atoms with Crippen LogP contribution in [0.4, 0.5) is 10.1 Å². The highest BCUT2D eigenvalue weighted by Crippen LogP contribution is 2.25. The van der Waals surface area contributed by atoms with E-state index >= 15 is 0 Å². The van der Waals surface area contributed by atoms with Crippen molar-refractivity contribution in [2.24, 2.45) is 5.92 Å². The minimum atomic E-state index is -0.331. The Morgan fingerprint density at radius 3 is 2.73 bits per heavy atom. The Labute approximate surface area is 192 Å². The molecule has 1 aliphatic rings. The standard InChI is InChI=1S/C26H28FN5O/c1-18(21-3-2-4-22(27)15-21)33-26-10-9-25-30-17-24(32(25)31-26)20-5-7-23(8-6-20)29-16-19-11-13-28-14-12-19/h2-10,15,17-19,28-29H,11-14,16H2,1H3. The van der Waals surface area contributed by atoms with Crippen molar-refractivity contribution >= 4 is 11.3 Å². The fraction of sp³-hybridized carbons (Fsp3) is 0.308. The van der Waals surface area contributed by atoms with Crippen molar-refractivity contribution in [2.45, 2.75) is 25.9 Å². The zero-order valence-corrected chi connectivity index (χ0v) is 18.7. The number of hydrogen-bond acceptors (Lipinski definition) is 5. The van der Waals surface area contributed by atoms with Gasteiger partial charge in [-0.3, -0.25) is 0 Å². The molecule has 33 heavy (non-hydrogen) atoms. The summed E-state index contributed by atoms with van der Waals surface area (Å²) >= 11 is 0. The Kier molecular flexibility index (Phi) is 6.21. The van der Waals surface area contributed by atoms with E-state index in [1.807, 2.05) is 25.3 Å². The maximum absolute atomic E-state index is 13.6. The predicted octanol–water partition coefficient (Wildman–Crippen LogP) is 5.09. The van der Waals surface area contributed by atoms with Gasteiger partial charge in [0.1, 0.15) is 11.9 Å². The van der Waals surface area contributed by atoms with Gasteiger partial charge in [0.25, 0.3) is 0 Å². The van der Waals surface area contributed by atoms with E-state index in [4.69, 9.17) is 4.74 Å². The summed E-state index contributed by atoms with van der Waals surface area (Å²) in [5.74, 6) is 0.901. The largest absolute Gasteiger partial charge is 0.469 e. The Morgan fingerprint density at radius 1 is 1.12 bits per heavy atom. The van der Waals surface area contributed by atoms with Crippen molar-refractivity contribution in [1.82, 2.24) is 19.9 Å². The molecule has 2 aromatic heterocycles. The average molecular weight is 446 g/mol. The Hall–Kier alpha value is -3.45. The van der Waals surface area contributed by atoms with Crippen LogP contribution in [0.3, 0.4) is 0 Å². The van der Waals surface area contributed by atoms with Gasteiger partial charge >= 0.3 is 0 Å². The van der Waals surface area contributed by atoms with Gasteiger partial charge in [0.2, 0.25) is 5.88 Å². The normalized spacial score (nSPS) is 15.5. The molecule has 1 aliphatic heterocycles. The van der Waals surface area contributed by atoms with E-state index in [0.29, 0.717) is 5.88 Å². The van der Waals surface area contributed by atoms with Gasteiger partial charge in [-0.15, -0.1) is 5.10 Å². The van der Waals surface area contributed by atoms with E-state index in [1.54, 1.807) is 16.6 Å². The Balaban J connectivity index is 1.31. The van der Waals surface area contributed by atoms with Crippen LogP contribution in [0.5, 0.6) is 5.88 Å². The van der Waals surface area contributed by atoms with Crippen LogP contribution in [-0.2, 0) is 0 Å². The number of nitrogens with one attached hydrogen (secondary N) is 2. The zero-order valence-electron chi connectivity index (χ0n) is 18.7. The SMILES string of the molecule is CC(Oc1ccc2ncc(-c3ccc(NCC4CCNCC4)cc3)n2n1)c1cccc(F)c1. The molecule has 1 saturated heterocycles. The number of anilines is 1. The molecule has 3 heterocycles. The molecule has 5 rings (SSSR count). The van der Waals surface area contributed by atoms with E-state index in [1.165, 1.54) is 25.0 Å². The minimum absolute atomic E-state index is 0.281. The molecule has 0 spiro atoms. The van der Waals surface area contributed by atoms with Gasteiger partial charge in [-0.1, -0.05) is 24.3 Å². The van der Waals surface area contributed by atoms with Gasteiger partial charge in [-0.2, -0.15) is 0 Å². The molecule has 4 aromatic rings. The van der Waals surface area contributed by atoms with Crippen molar-refractivity contribution in [3.63, 3.8) is 0 Å². The lowest BCUT2D eigenvalue weighted by Gasteiger charge is -2.23. The summed E-state index contributed by atoms with van der Waals surface area (Å²) in [7, 11) is 0. The van der Waals surface area contributed by atoms with Crippen molar-refractivity contribution in [2.75, 3.05) is 25.0 Å². The fourth-order valence-electron chi connectivity index (χ4n) is 4.23. The second kappa shape index (κ2) is 9.58. The number of nitrogens with zero attached hydrogens (tertiary/aromatic N) is 3. The number of ether oxygens (including phenoxy) is 1. The lowest BCUT2D eigenvalue weighted by Crippen LogP contribution is -2.31. The van der Waals surface area contributed by atoms with Gasteiger partial charge in [0.05, 0.1) is 11.9 Å². The third-order valence-corrected chi connectivity index (χ3v) is 6.19. The number of aromatic nitrogens is 3. The number of benzene rings is 2. The first-order valence-electron chi connectivity index (χ1n) is 11.5. The molecule has 1 fully saturated rings. The molecule has 0 aliphatic carbocycles. The second-order valence-corrected chi connectivity index (χ2v) is 8.55. The molecule has 170 valence electrons. The average Bonchev–Trinajstić information content (AvgIpc) is 3.27. The second-order valence-electron chi connectivity index (χ2n) is 8.55. The lowest BCUT2D eigenvalue weighted by molar-refractivity contribution is 0.214. The maximum Gasteiger partial charge on any atom is 0.232 e. The third-order valence-electron chi connectivity index (χ3n) is 6.19. The first kappa shape index (κ1) is 21.4. The highest BCUT2D eigenvalue weighted by Gasteiger charge is 2.14. The molecule has 1 atom stereocenters. The first-order chi connectivity index (χ1) is 16.2. The molecule has 6 nitrogen and oxygen atoms in total. The molecule has 2 aromatic carbocycles. The first-order valence-corrected chi connectivity index (χ1v) is 11.5. The van der Waals surface area contributed by atoms with Crippen LogP contribution in [0.1, 0.15) is 31.4 Å². The summed E-state index contributed by atoms with van der Waals surface area (Å²) in [5.41, 5.74) is 4.53. The Bertz CT molecular complexity index is 1220. The summed E-state index contributed by atoms with van der Waals surface area (Å²) in [6, 6.07) is 18.4. The van der Waals surface area contributed by atoms with Crippen molar-refractivity contribution in [1.29, 1.82) is 0 Å². The van der Waals surface area contributed by atoms with E-state index in [9.17, 15) is 4.39 Å². The fourth-order valence-corrected chi connectivity index (χ4v) is 4.23. The maximum atomic E-state index is 13.6. The van der Waals surface area contributed by atoms with Crippen LogP contribution >= 0.6 is 0 Å². The van der Waals surface area contributed by atoms with Crippen LogP contribution < -0.4 is 15.4 Å². The lowest BCUT2D eigenvalue weighted by atomic mass is 9.98. The van der Waals surface area contributed by atoms with E-state index in [0.717, 1.165) is 53.7 Å². The molecule has 0 saturated carbocycles. The molecular weight excluding hydrogens is 417 g/mol. The number of hydrogen-bond donors (Lipinski definition) is 2. The van der Waals surface area contributed by atoms with Crippen LogP contribution in [-0.4, -0.2) is 34.2 Å². The molecule has 0 amide bonds. The summed E-state index contributed by atoms with van der Waals surface area (Å²) < 4.78 is 21.3. The van der Waals surface area contributed by atoms with Gasteiger partial charge in [0.15, 0.2) is 5.65 Å². The number of rotatable bonds is 7. The van der Waals surface area contributed by atoms with Crippen LogP contribution in [0, 0.1) is 11.7 Å². The van der Waals surface area contributed by atoms with Crippen molar-refractivity contribution < 1.29 is 9.13 Å². The molecule has 7 heteroatoms. The van der Waals surface area contributed by atoms with Crippen LogP contribution in [0.15, 0.2) is 66.9 Å². The predicted molar refractivity (Wildman–Crippen MR) is 128 cm³/mol. The molecule has 0 radical (unpaired) electrons. The molecule has 0 bridgehead atoms. The zero-order chi connectivity index (χ0) is 22.6. The van der Waals surface area contributed by atoms with Gasteiger partial charge in [-0.25, -0.2) is 13.9 Å². The number of piperidine rings is 1. The smallest absolute Gasteiger partial charge is 0.232 e. The molecule has 2 N–H and O–H groups in total. The topological polar surface area (TPSA) is 63.5 Å². The third kappa shape index (κ3) is 4.98. The van der Waals surface area contributed by atoms with Crippen molar-refractivity contribution in [3.05, 3.63) is 78.2 Å². The minimum Gasteiger partial charge on any atom is -0.469 e. The summed E-state index contributed by atoms with van der Waals surface area (Å²) in [4.78, 5) is 4.48. The van der Waals surface area contributed by atoms with Crippen LogP contribution in [0.2, 0.25) is 0 Å². The summed E-state index contributed by atoms with van der Waals surface area (Å²) in [6.07, 6.45) is 3.93. The number of imidazole rings is 1. The van der Waals surface area contributed by atoms with Crippen molar-refractivity contribution in [3.8, 4) is 17.1 Å². The van der Waals surface area contributed by atoms with Crippen LogP contribution in [0.25, 0.3) is 16.9 Å².